The number of carbonyl (C=O) groups excluding carboxylic acids is 1. The molecule has 0 spiro atoms. The summed E-state index contributed by atoms with van der Waals surface area (Å²) in [6.07, 6.45) is 1.44. The van der Waals surface area contributed by atoms with Crippen LogP contribution in [0.3, 0.4) is 0 Å². The van der Waals surface area contributed by atoms with Crippen molar-refractivity contribution >= 4 is 5.97 Å². The SMILES string of the molecule is CCOC(=O)c1cnn(C2CNC2)n1. The van der Waals surface area contributed by atoms with Crippen molar-refractivity contribution in [1.82, 2.24) is 20.3 Å². The Balaban J connectivity index is 2.05. The van der Waals surface area contributed by atoms with Crippen molar-refractivity contribution in [2.75, 3.05) is 19.7 Å². The van der Waals surface area contributed by atoms with Gasteiger partial charge in [-0.05, 0) is 6.92 Å². The van der Waals surface area contributed by atoms with Gasteiger partial charge in [-0.3, -0.25) is 0 Å². The van der Waals surface area contributed by atoms with Crippen molar-refractivity contribution in [2.45, 2.75) is 13.0 Å². The largest absolute Gasteiger partial charge is 0.461 e. The van der Waals surface area contributed by atoms with E-state index in [-0.39, 0.29) is 11.7 Å². The van der Waals surface area contributed by atoms with Crippen LogP contribution < -0.4 is 5.32 Å². The lowest BCUT2D eigenvalue weighted by atomic mass is 10.2. The van der Waals surface area contributed by atoms with E-state index in [0.29, 0.717) is 6.61 Å². The van der Waals surface area contributed by atoms with Gasteiger partial charge in [-0.25, -0.2) is 4.79 Å². The van der Waals surface area contributed by atoms with Crippen molar-refractivity contribution < 1.29 is 9.53 Å². The van der Waals surface area contributed by atoms with E-state index in [0.717, 1.165) is 13.1 Å². The number of aromatic nitrogens is 3. The maximum Gasteiger partial charge on any atom is 0.360 e. The number of esters is 1. The maximum atomic E-state index is 11.2. The zero-order valence-electron chi connectivity index (χ0n) is 7.93. The Labute approximate surface area is 81.2 Å². The lowest BCUT2D eigenvalue weighted by molar-refractivity contribution is 0.0517. The fraction of sp³-hybridized carbons (Fsp3) is 0.625. The molecule has 0 radical (unpaired) electrons. The summed E-state index contributed by atoms with van der Waals surface area (Å²) in [4.78, 5) is 12.8. The summed E-state index contributed by atoms with van der Waals surface area (Å²) in [6, 6.07) is 0.276. The first-order chi connectivity index (χ1) is 6.81. The molecule has 1 aliphatic heterocycles. The Kier molecular flexibility index (Phi) is 2.45. The van der Waals surface area contributed by atoms with Gasteiger partial charge in [-0.1, -0.05) is 0 Å². The average Bonchev–Trinajstić information content (AvgIpc) is 2.50. The fourth-order valence-corrected chi connectivity index (χ4v) is 1.19. The van der Waals surface area contributed by atoms with Crippen LogP contribution in [0.15, 0.2) is 6.20 Å². The highest BCUT2D eigenvalue weighted by Gasteiger charge is 2.22. The van der Waals surface area contributed by atoms with Crippen LogP contribution in [-0.2, 0) is 4.74 Å². The van der Waals surface area contributed by atoms with E-state index < -0.39 is 5.97 Å². The number of hydrogen-bond acceptors (Lipinski definition) is 5. The van der Waals surface area contributed by atoms with E-state index in [2.05, 4.69) is 15.5 Å². The molecule has 0 unspecified atom stereocenters. The topological polar surface area (TPSA) is 69.0 Å². The minimum atomic E-state index is -0.411. The highest BCUT2D eigenvalue weighted by atomic mass is 16.5. The average molecular weight is 196 g/mol. The molecule has 1 N–H and O–H groups in total. The molecule has 0 bridgehead atoms. The van der Waals surface area contributed by atoms with Crippen LogP contribution >= 0.6 is 0 Å². The summed E-state index contributed by atoms with van der Waals surface area (Å²) in [5.41, 5.74) is 0.277. The molecule has 0 amide bonds. The van der Waals surface area contributed by atoms with Crippen molar-refractivity contribution in [3.63, 3.8) is 0 Å². The van der Waals surface area contributed by atoms with Crippen LogP contribution in [0.5, 0.6) is 0 Å². The first kappa shape index (κ1) is 9.14. The molecule has 2 heterocycles. The van der Waals surface area contributed by atoms with Gasteiger partial charge < -0.3 is 10.1 Å². The number of nitrogens with zero attached hydrogens (tertiary/aromatic N) is 3. The minimum Gasteiger partial charge on any atom is -0.461 e. The number of ether oxygens (including phenoxy) is 1. The molecule has 0 saturated carbocycles. The fourth-order valence-electron chi connectivity index (χ4n) is 1.19. The summed E-state index contributed by atoms with van der Waals surface area (Å²) in [5.74, 6) is -0.411. The summed E-state index contributed by atoms with van der Waals surface area (Å²) in [6.45, 7) is 3.84. The third-order valence-electron chi connectivity index (χ3n) is 2.08. The second kappa shape index (κ2) is 3.75. The van der Waals surface area contributed by atoms with Gasteiger partial charge in [-0.2, -0.15) is 9.90 Å². The molecule has 6 heteroatoms. The zero-order valence-corrected chi connectivity index (χ0v) is 7.93. The summed E-state index contributed by atoms with van der Waals surface area (Å²) in [5, 5.41) is 11.2. The Morgan fingerprint density at radius 3 is 3.14 bits per heavy atom. The van der Waals surface area contributed by atoms with E-state index >= 15 is 0 Å². The first-order valence-corrected chi connectivity index (χ1v) is 4.61. The molecular formula is C8H12N4O2. The van der Waals surface area contributed by atoms with E-state index in [1.807, 2.05) is 0 Å². The van der Waals surface area contributed by atoms with Crippen LogP contribution in [0.2, 0.25) is 0 Å². The number of carbonyl (C=O) groups is 1. The van der Waals surface area contributed by atoms with E-state index in [1.54, 1.807) is 11.7 Å². The predicted octanol–water partition coefficient (Wildman–Crippen LogP) is -0.401. The second-order valence-corrected chi connectivity index (χ2v) is 3.08. The van der Waals surface area contributed by atoms with Gasteiger partial charge in [0.25, 0.3) is 0 Å². The molecule has 2 rings (SSSR count). The Hall–Kier alpha value is -1.43. The van der Waals surface area contributed by atoms with Crippen LogP contribution in [0.25, 0.3) is 0 Å². The van der Waals surface area contributed by atoms with Gasteiger partial charge in [0.15, 0.2) is 5.69 Å². The summed E-state index contributed by atoms with van der Waals surface area (Å²) in [7, 11) is 0. The molecule has 14 heavy (non-hydrogen) atoms. The molecule has 76 valence electrons. The third-order valence-corrected chi connectivity index (χ3v) is 2.08. The quantitative estimate of drug-likeness (QED) is 0.666. The van der Waals surface area contributed by atoms with Crippen molar-refractivity contribution in [2.24, 2.45) is 0 Å². The lowest BCUT2D eigenvalue weighted by Crippen LogP contribution is -2.44. The number of rotatable bonds is 3. The van der Waals surface area contributed by atoms with Gasteiger partial charge in [0.2, 0.25) is 0 Å². The van der Waals surface area contributed by atoms with Crippen LogP contribution in [0.1, 0.15) is 23.5 Å². The zero-order chi connectivity index (χ0) is 9.97. The van der Waals surface area contributed by atoms with Gasteiger partial charge in [0.05, 0.1) is 18.8 Å². The van der Waals surface area contributed by atoms with Gasteiger partial charge >= 0.3 is 5.97 Å². The molecule has 1 aromatic heterocycles. The normalized spacial score (nSPS) is 16.4. The molecule has 0 atom stereocenters. The molecule has 1 aliphatic rings. The van der Waals surface area contributed by atoms with Crippen LogP contribution in [0, 0.1) is 0 Å². The highest BCUT2D eigenvalue weighted by molar-refractivity contribution is 5.86. The summed E-state index contributed by atoms with van der Waals surface area (Å²) >= 11 is 0. The predicted molar refractivity (Wildman–Crippen MR) is 47.9 cm³/mol. The first-order valence-electron chi connectivity index (χ1n) is 4.61. The van der Waals surface area contributed by atoms with Crippen molar-refractivity contribution in [3.05, 3.63) is 11.9 Å². The summed E-state index contributed by atoms with van der Waals surface area (Å²) < 4.78 is 4.80. The second-order valence-electron chi connectivity index (χ2n) is 3.08. The highest BCUT2D eigenvalue weighted by Crippen LogP contribution is 2.08. The monoisotopic (exact) mass is 196 g/mol. The van der Waals surface area contributed by atoms with Crippen LogP contribution in [0.4, 0.5) is 0 Å². The number of hydrogen-bond donors (Lipinski definition) is 1. The van der Waals surface area contributed by atoms with Gasteiger partial charge in [-0.15, -0.1) is 5.10 Å². The van der Waals surface area contributed by atoms with Crippen molar-refractivity contribution in [1.29, 1.82) is 0 Å². The maximum absolute atomic E-state index is 11.2. The molecule has 1 saturated heterocycles. The Morgan fingerprint density at radius 1 is 1.79 bits per heavy atom. The smallest absolute Gasteiger partial charge is 0.360 e. The van der Waals surface area contributed by atoms with E-state index in [9.17, 15) is 4.79 Å². The standard InChI is InChI=1S/C8H12N4O2/c1-2-14-8(13)7-5-10-12(11-7)6-3-9-4-6/h5-6,9H,2-4H2,1H3. The third kappa shape index (κ3) is 1.60. The lowest BCUT2D eigenvalue weighted by Gasteiger charge is -2.25. The molecular weight excluding hydrogens is 184 g/mol. The molecule has 1 aromatic rings. The molecule has 0 aliphatic carbocycles. The minimum absolute atomic E-state index is 0.276. The van der Waals surface area contributed by atoms with Gasteiger partial charge in [0, 0.05) is 13.1 Å². The van der Waals surface area contributed by atoms with Crippen LogP contribution in [-0.4, -0.2) is 40.7 Å². The molecule has 6 nitrogen and oxygen atoms in total. The Morgan fingerprint density at radius 2 is 2.57 bits per heavy atom. The van der Waals surface area contributed by atoms with Gasteiger partial charge in [0.1, 0.15) is 0 Å². The molecule has 1 fully saturated rings. The van der Waals surface area contributed by atoms with Crippen molar-refractivity contribution in [3.8, 4) is 0 Å². The Bertz CT molecular complexity index is 332. The van der Waals surface area contributed by atoms with E-state index in [1.165, 1.54) is 6.20 Å². The molecule has 0 aromatic carbocycles. The number of nitrogens with one attached hydrogen (secondary N) is 1. The van der Waals surface area contributed by atoms with E-state index in [4.69, 9.17) is 4.74 Å².